The third-order valence-electron chi connectivity index (χ3n) is 3.55. The van der Waals surface area contributed by atoms with Crippen LogP contribution in [0.25, 0.3) is 0 Å². The van der Waals surface area contributed by atoms with Gasteiger partial charge in [0.15, 0.2) is 11.5 Å². The van der Waals surface area contributed by atoms with E-state index in [0.29, 0.717) is 23.4 Å². The van der Waals surface area contributed by atoms with Crippen LogP contribution < -0.4 is 4.74 Å². The molecular weight excluding hydrogens is 250 g/mol. The maximum Gasteiger partial charge on any atom is 0.161 e. The summed E-state index contributed by atoms with van der Waals surface area (Å²) in [5, 5.41) is 10.2. The minimum absolute atomic E-state index is 0.111. The van der Waals surface area contributed by atoms with Crippen molar-refractivity contribution in [3.63, 3.8) is 0 Å². The number of halogens is 1. The second kappa shape index (κ2) is 6.30. The zero-order valence-corrected chi connectivity index (χ0v) is 11.5. The van der Waals surface area contributed by atoms with Crippen LogP contribution >= 0.6 is 11.6 Å². The van der Waals surface area contributed by atoms with Gasteiger partial charge in [-0.3, -0.25) is 0 Å². The molecule has 1 fully saturated rings. The van der Waals surface area contributed by atoms with Gasteiger partial charge < -0.3 is 14.7 Å². The van der Waals surface area contributed by atoms with Crippen LogP contribution in [0.15, 0.2) is 18.2 Å². The minimum atomic E-state index is 0.111. The molecule has 1 aliphatic heterocycles. The van der Waals surface area contributed by atoms with Crippen molar-refractivity contribution < 1.29 is 9.84 Å². The molecule has 1 aromatic carbocycles. The summed E-state index contributed by atoms with van der Waals surface area (Å²) in [5.41, 5.74) is 0. The fourth-order valence-corrected chi connectivity index (χ4v) is 2.59. The van der Waals surface area contributed by atoms with Crippen molar-refractivity contribution in [3.05, 3.63) is 23.2 Å². The van der Waals surface area contributed by atoms with Crippen LogP contribution in [0, 0.1) is 0 Å². The molecule has 0 amide bonds. The van der Waals surface area contributed by atoms with Gasteiger partial charge in [-0.2, -0.15) is 0 Å². The number of ether oxygens (including phenoxy) is 1. The number of phenolic OH excluding ortho intramolecular Hbond substituents is 1. The van der Waals surface area contributed by atoms with E-state index in [0.717, 1.165) is 6.42 Å². The summed E-state index contributed by atoms with van der Waals surface area (Å²) in [5.74, 6) is 0.623. The van der Waals surface area contributed by atoms with Crippen LogP contribution in [0.2, 0.25) is 5.02 Å². The molecule has 3 nitrogen and oxygen atoms in total. The Bertz CT molecular complexity index is 397. The smallest absolute Gasteiger partial charge is 0.161 e. The quantitative estimate of drug-likeness (QED) is 0.910. The van der Waals surface area contributed by atoms with Crippen molar-refractivity contribution in [2.75, 3.05) is 20.2 Å². The molecule has 100 valence electrons. The average Bonchev–Trinajstić information content (AvgIpc) is 2.34. The lowest BCUT2D eigenvalue weighted by molar-refractivity contribution is 0.152. The summed E-state index contributed by atoms with van der Waals surface area (Å²) in [6.07, 6.45) is 4.85. The fraction of sp³-hybridized carbons (Fsp3) is 0.571. The first-order chi connectivity index (χ1) is 8.66. The molecule has 1 heterocycles. The standard InChI is InChI=1S/C14H20ClNO2/c1-16-8-3-2-4-12(16)7-9-18-14-6-5-11(15)10-13(14)17/h5-6,10,12,17H,2-4,7-9H2,1H3. The highest BCUT2D eigenvalue weighted by Crippen LogP contribution is 2.29. The average molecular weight is 270 g/mol. The van der Waals surface area contributed by atoms with Gasteiger partial charge in [0.1, 0.15) is 0 Å². The molecule has 0 spiro atoms. The van der Waals surface area contributed by atoms with Gasteiger partial charge in [-0.15, -0.1) is 0 Å². The first kappa shape index (κ1) is 13.5. The number of hydrogen-bond acceptors (Lipinski definition) is 3. The van der Waals surface area contributed by atoms with E-state index in [4.69, 9.17) is 16.3 Å². The lowest BCUT2D eigenvalue weighted by Gasteiger charge is -2.32. The third-order valence-corrected chi connectivity index (χ3v) is 3.79. The molecule has 0 aliphatic carbocycles. The highest BCUT2D eigenvalue weighted by atomic mass is 35.5. The van der Waals surface area contributed by atoms with E-state index < -0.39 is 0 Å². The molecule has 1 atom stereocenters. The molecule has 1 aromatic rings. The maximum atomic E-state index is 9.66. The van der Waals surface area contributed by atoms with Gasteiger partial charge in [-0.1, -0.05) is 18.0 Å². The topological polar surface area (TPSA) is 32.7 Å². The van der Waals surface area contributed by atoms with E-state index >= 15 is 0 Å². The van der Waals surface area contributed by atoms with Crippen molar-refractivity contribution in [3.8, 4) is 11.5 Å². The summed E-state index contributed by atoms with van der Waals surface area (Å²) in [6, 6.07) is 5.54. The van der Waals surface area contributed by atoms with E-state index in [9.17, 15) is 5.11 Å². The Hall–Kier alpha value is -0.930. The van der Waals surface area contributed by atoms with E-state index in [2.05, 4.69) is 11.9 Å². The highest BCUT2D eigenvalue weighted by molar-refractivity contribution is 6.30. The summed E-state index contributed by atoms with van der Waals surface area (Å²) < 4.78 is 5.61. The first-order valence-electron chi connectivity index (χ1n) is 6.48. The van der Waals surface area contributed by atoms with Crippen LogP contribution in [-0.4, -0.2) is 36.2 Å². The Morgan fingerprint density at radius 3 is 3.00 bits per heavy atom. The number of nitrogens with zero attached hydrogens (tertiary/aromatic N) is 1. The Morgan fingerprint density at radius 1 is 1.44 bits per heavy atom. The van der Waals surface area contributed by atoms with Crippen LogP contribution in [0.4, 0.5) is 0 Å². The zero-order valence-electron chi connectivity index (χ0n) is 10.7. The maximum absolute atomic E-state index is 9.66. The molecule has 0 radical (unpaired) electrons. The van der Waals surface area contributed by atoms with Gasteiger partial charge in [0.2, 0.25) is 0 Å². The van der Waals surface area contributed by atoms with E-state index in [1.807, 2.05) is 0 Å². The molecule has 1 saturated heterocycles. The number of likely N-dealkylation sites (tertiary alicyclic amines) is 1. The van der Waals surface area contributed by atoms with Crippen molar-refractivity contribution in [2.24, 2.45) is 0 Å². The second-order valence-electron chi connectivity index (χ2n) is 4.88. The lowest BCUT2D eigenvalue weighted by Crippen LogP contribution is -2.37. The van der Waals surface area contributed by atoms with Gasteiger partial charge in [-0.25, -0.2) is 0 Å². The monoisotopic (exact) mass is 269 g/mol. The molecule has 0 bridgehead atoms. The summed E-state index contributed by atoms with van der Waals surface area (Å²) in [4.78, 5) is 2.40. The van der Waals surface area contributed by atoms with Gasteiger partial charge >= 0.3 is 0 Å². The minimum Gasteiger partial charge on any atom is -0.504 e. The van der Waals surface area contributed by atoms with Crippen LogP contribution in [0.3, 0.4) is 0 Å². The number of benzene rings is 1. The molecule has 4 heteroatoms. The Kier molecular flexibility index (Phi) is 4.72. The zero-order chi connectivity index (χ0) is 13.0. The Morgan fingerprint density at radius 2 is 2.28 bits per heavy atom. The van der Waals surface area contributed by atoms with Crippen molar-refractivity contribution in [1.82, 2.24) is 4.90 Å². The first-order valence-corrected chi connectivity index (χ1v) is 6.86. The van der Waals surface area contributed by atoms with Crippen molar-refractivity contribution in [2.45, 2.75) is 31.7 Å². The Balaban J connectivity index is 1.81. The second-order valence-corrected chi connectivity index (χ2v) is 5.32. The summed E-state index contributed by atoms with van der Waals surface area (Å²) in [7, 11) is 2.17. The third kappa shape index (κ3) is 3.53. The van der Waals surface area contributed by atoms with Crippen LogP contribution in [0.5, 0.6) is 11.5 Å². The van der Waals surface area contributed by atoms with Gasteiger partial charge in [0, 0.05) is 17.1 Å². The lowest BCUT2D eigenvalue weighted by atomic mass is 10.0. The van der Waals surface area contributed by atoms with Gasteiger partial charge in [0.25, 0.3) is 0 Å². The van der Waals surface area contributed by atoms with Gasteiger partial charge in [0.05, 0.1) is 6.61 Å². The largest absolute Gasteiger partial charge is 0.504 e. The van der Waals surface area contributed by atoms with E-state index in [1.54, 1.807) is 12.1 Å². The molecule has 2 rings (SSSR count). The fourth-order valence-electron chi connectivity index (χ4n) is 2.43. The summed E-state index contributed by atoms with van der Waals surface area (Å²) >= 11 is 5.77. The normalized spacial score (nSPS) is 20.9. The number of phenols is 1. The number of rotatable bonds is 4. The molecule has 1 unspecified atom stereocenters. The molecule has 1 N–H and O–H groups in total. The van der Waals surface area contributed by atoms with E-state index in [-0.39, 0.29) is 5.75 Å². The predicted octanol–water partition coefficient (Wildman–Crippen LogP) is 3.30. The predicted molar refractivity (Wildman–Crippen MR) is 73.5 cm³/mol. The summed E-state index contributed by atoms with van der Waals surface area (Å²) in [6.45, 7) is 1.81. The van der Waals surface area contributed by atoms with E-state index in [1.165, 1.54) is 31.9 Å². The van der Waals surface area contributed by atoms with Gasteiger partial charge in [-0.05, 0) is 45.0 Å². The van der Waals surface area contributed by atoms with Crippen LogP contribution in [-0.2, 0) is 0 Å². The highest BCUT2D eigenvalue weighted by Gasteiger charge is 2.18. The molecule has 1 aliphatic rings. The molecule has 18 heavy (non-hydrogen) atoms. The Labute approximate surface area is 113 Å². The van der Waals surface area contributed by atoms with Crippen molar-refractivity contribution in [1.29, 1.82) is 0 Å². The van der Waals surface area contributed by atoms with Crippen molar-refractivity contribution >= 4 is 11.6 Å². The number of piperidine rings is 1. The molecule has 0 saturated carbocycles. The number of aromatic hydroxyl groups is 1. The SMILES string of the molecule is CN1CCCCC1CCOc1ccc(Cl)cc1O. The molecule has 0 aromatic heterocycles. The number of hydrogen-bond donors (Lipinski definition) is 1. The molecular formula is C14H20ClNO2. The van der Waals surface area contributed by atoms with Crippen LogP contribution in [0.1, 0.15) is 25.7 Å².